The maximum absolute atomic E-state index is 13.0. The van der Waals surface area contributed by atoms with Crippen LogP contribution in [0.1, 0.15) is 23.4 Å². The largest absolute Gasteiger partial charge is 0.356 e. The van der Waals surface area contributed by atoms with Crippen LogP contribution in [0.5, 0.6) is 0 Å². The Bertz CT molecular complexity index is 1260. The third-order valence-electron chi connectivity index (χ3n) is 5.32. The summed E-state index contributed by atoms with van der Waals surface area (Å²) in [5, 5.41) is 12.7. The molecule has 2 aromatic heterocycles. The Morgan fingerprint density at radius 2 is 1.65 bits per heavy atom. The van der Waals surface area contributed by atoms with E-state index in [1.165, 1.54) is 10.2 Å². The minimum atomic E-state index is -0.282. The Morgan fingerprint density at radius 3 is 2.35 bits per heavy atom. The highest BCUT2D eigenvalue weighted by atomic mass is 16.2. The summed E-state index contributed by atoms with van der Waals surface area (Å²) in [5.41, 5.74) is 3.74. The van der Waals surface area contributed by atoms with Crippen molar-refractivity contribution in [3.8, 4) is 5.69 Å². The molecule has 0 aliphatic heterocycles. The van der Waals surface area contributed by atoms with Gasteiger partial charge in [0, 0.05) is 13.0 Å². The molecule has 31 heavy (non-hydrogen) atoms. The topological polar surface area (TPSA) is 81.8 Å². The van der Waals surface area contributed by atoms with Crippen molar-refractivity contribution < 1.29 is 4.79 Å². The number of hydrogen-bond donors (Lipinski definition) is 1. The second-order valence-electron chi connectivity index (χ2n) is 7.51. The van der Waals surface area contributed by atoms with Crippen LogP contribution in [0.2, 0.25) is 0 Å². The van der Waals surface area contributed by atoms with Crippen LogP contribution in [-0.2, 0) is 17.8 Å². The van der Waals surface area contributed by atoms with Crippen LogP contribution in [0.3, 0.4) is 0 Å². The fourth-order valence-corrected chi connectivity index (χ4v) is 3.74. The van der Waals surface area contributed by atoms with Crippen molar-refractivity contribution in [2.75, 3.05) is 6.54 Å². The van der Waals surface area contributed by atoms with Gasteiger partial charge >= 0.3 is 0 Å². The Labute approximate surface area is 180 Å². The standard InChI is InChI=1S/C24H25N5O2/c1-17-22-18(2)29(20-11-7-4-8-12-20)27-23(22)24(31)28(26-17)16-14-21(30)25-15-13-19-9-5-3-6-10-19/h3-12H,13-16H2,1-2H3,(H,25,30). The zero-order chi connectivity index (χ0) is 21.8. The number of nitrogens with one attached hydrogen (secondary N) is 1. The molecule has 2 aromatic carbocycles. The maximum Gasteiger partial charge on any atom is 0.295 e. The fourth-order valence-electron chi connectivity index (χ4n) is 3.74. The van der Waals surface area contributed by atoms with Gasteiger partial charge in [-0.3, -0.25) is 9.59 Å². The summed E-state index contributed by atoms with van der Waals surface area (Å²) in [7, 11) is 0. The van der Waals surface area contributed by atoms with E-state index in [0.29, 0.717) is 12.1 Å². The molecule has 158 valence electrons. The summed E-state index contributed by atoms with van der Waals surface area (Å²) in [6.45, 7) is 4.57. The molecule has 1 amide bonds. The Hall–Kier alpha value is -3.74. The molecular weight excluding hydrogens is 390 g/mol. The average Bonchev–Trinajstić information content (AvgIpc) is 3.14. The Balaban J connectivity index is 1.48. The van der Waals surface area contributed by atoms with E-state index >= 15 is 0 Å². The fraction of sp³-hybridized carbons (Fsp3) is 0.250. The number of carbonyl (C=O) groups is 1. The molecule has 0 radical (unpaired) electrons. The number of rotatable bonds is 7. The minimum absolute atomic E-state index is 0.103. The number of fused-ring (bicyclic) bond motifs is 1. The van der Waals surface area contributed by atoms with Gasteiger partial charge < -0.3 is 5.32 Å². The highest BCUT2D eigenvalue weighted by molar-refractivity contribution is 5.83. The van der Waals surface area contributed by atoms with E-state index in [2.05, 4.69) is 15.5 Å². The maximum atomic E-state index is 13.0. The van der Waals surface area contributed by atoms with Gasteiger partial charge in [0.25, 0.3) is 5.56 Å². The molecule has 0 fully saturated rings. The van der Waals surface area contributed by atoms with Crippen LogP contribution < -0.4 is 10.9 Å². The van der Waals surface area contributed by atoms with Crippen molar-refractivity contribution in [1.29, 1.82) is 0 Å². The summed E-state index contributed by atoms with van der Waals surface area (Å²) in [4.78, 5) is 25.2. The Morgan fingerprint density at radius 1 is 0.968 bits per heavy atom. The van der Waals surface area contributed by atoms with Gasteiger partial charge in [-0.2, -0.15) is 10.2 Å². The lowest BCUT2D eigenvalue weighted by molar-refractivity contribution is -0.121. The van der Waals surface area contributed by atoms with Crippen molar-refractivity contribution in [3.63, 3.8) is 0 Å². The van der Waals surface area contributed by atoms with E-state index in [-0.39, 0.29) is 24.4 Å². The number of nitrogens with zero attached hydrogens (tertiary/aromatic N) is 4. The van der Waals surface area contributed by atoms with E-state index in [0.717, 1.165) is 28.9 Å². The second kappa shape index (κ2) is 8.95. The highest BCUT2D eigenvalue weighted by Gasteiger charge is 2.17. The van der Waals surface area contributed by atoms with Crippen LogP contribution >= 0.6 is 0 Å². The third kappa shape index (κ3) is 4.40. The molecule has 7 heteroatoms. The van der Waals surface area contributed by atoms with Gasteiger partial charge in [-0.05, 0) is 38.0 Å². The first-order valence-electron chi connectivity index (χ1n) is 10.4. The predicted molar refractivity (Wildman–Crippen MR) is 120 cm³/mol. The van der Waals surface area contributed by atoms with E-state index in [1.54, 1.807) is 4.68 Å². The first-order chi connectivity index (χ1) is 15.0. The highest BCUT2D eigenvalue weighted by Crippen LogP contribution is 2.20. The molecule has 0 saturated heterocycles. The van der Waals surface area contributed by atoms with Crippen molar-refractivity contribution in [2.45, 2.75) is 33.2 Å². The van der Waals surface area contributed by atoms with Crippen LogP contribution in [0, 0.1) is 13.8 Å². The molecule has 2 heterocycles. The molecule has 0 saturated carbocycles. The van der Waals surface area contributed by atoms with Crippen LogP contribution in [0.25, 0.3) is 16.6 Å². The molecule has 0 atom stereocenters. The number of aryl methyl sites for hydroxylation is 3. The number of hydrogen-bond acceptors (Lipinski definition) is 4. The van der Waals surface area contributed by atoms with Crippen molar-refractivity contribution >= 4 is 16.8 Å². The normalized spacial score (nSPS) is 11.0. The van der Waals surface area contributed by atoms with Crippen molar-refractivity contribution in [2.24, 2.45) is 0 Å². The lowest BCUT2D eigenvalue weighted by atomic mass is 10.1. The lowest BCUT2D eigenvalue weighted by Gasteiger charge is -2.08. The molecular formula is C24H25N5O2. The van der Waals surface area contributed by atoms with Gasteiger partial charge in [0.1, 0.15) is 0 Å². The van der Waals surface area contributed by atoms with E-state index in [9.17, 15) is 9.59 Å². The van der Waals surface area contributed by atoms with Gasteiger partial charge in [0.05, 0.1) is 29.0 Å². The number of benzene rings is 2. The SMILES string of the molecule is Cc1nn(CCC(=O)NCCc2ccccc2)c(=O)c2nn(-c3ccccc3)c(C)c12. The van der Waals surface area contributed by atoms with Gasteiger partial charge in [0.15, 0.2) is 5.52 Å². The molecule has 4 rings (SSSR count). The smallest absolute Gasteiger partial charge is 0.295 e. The summed E-state index contributed by atoms with van der Waals surface area (Å²) in [5.74, 6) is -0.103. The molecule has 7 nitrogen and oxygen atoms in total. The number of para-hydroxylation sites is 1. The van der Waals surface area contributed by atoms with Crippen LogP contribution in [0.4, 0.5) is 0 Å². The summed E-state index contributed by atoms with van der Waals surface area (Å²) < 4.78 is 3.11. The van der Waals surface area contributed by atoms with Crippen molar-refractivity contribution in [1.82, 2.24) is 24.9 Å². The minimum Gasteiger partial charge on any atom is -0.356 e. The molecule has 0 aliphatic rings. The molecule has 1 N–H and O–H groups in total. The van der Waals surface area contributed by atoms with Crippen molar-refractivity contribution in [3.05, 3.63) is 88.0 Å². The second-order valence-corrected chi connectivity index (χ2v) is 7.51. The summed E-state index contributed by atoms with van der Waals surface area (Å²) in [6, 6.07) is 19.7. The zero-order valence-electron chi connectivity index (χ0n) is 17.7. The van der Waals surface area contributed by atoms with Gasteiger partial charge in [-0.1, -0.05) is 48.5 Å². The van der Waals surface area contributed by atoms with E-state index in [1.807, 2.05) is 74.5 Å². The predicted octanol–water partition coefficient (Wildman–Crippen LogP) is 2.95. The van der Waals surface area contributed by atoms with Crippen LogP contribution in [0.15, 0.2) is 65.5 Å². The molecule has 4 aromatic rings. The molecule has 0 aliphatic carbocycles. The van der Waals surface area contributed by atoms with Gasteiger partial charge in [0.2, 0.25) is 5.91 Å². The zero-order valence-corrected chi connectivity index (χ0v) is 17.7. The number of amides is 1. The first kappa shape index (κ1) is 20.5. The molecule has 0 unspecified atom stereocenters. The molecule has 0 bridgehead atoms. The van der Waals surface area contributed by atoms with Gasteiger partial charge in [-0.25, -0.2) is 9.36 Å². The quantitative estimate of drug-likeness (QED) is 0.503. The van der Waals surface area contributed by atoms with E-state index < -0.39 is 0 Å². The monoisotopic (exact) mass is 415 g/mol. The van der Waals surface area contributed by atoms with Gasteiger partial charge in [-0.15, -0.1) is 0 Å². The van der Waals surface area contributed by atoms with E-state index in [4.69, 9.17) is 0 Å². The Kier molecular flexibility index (Phi) is 5.93. The first-order valence-corrected chi connectivity index (χ1v) is 10.4. The summed E-state index contributed by atoms with van der Waals surface area (Å²) >= 11 is 0. The van der Waals surface area contributed by atoms with Crippen LogP contribution in [-0.4, -0.2) is 32.0 Å². The lowest BCUT2D eigenvalue weighted by Crippen LogP contribution is -2.30. The number of aromatic nitrogens is 4. The molecule has 0 spiro atoms. The summed E-state index contributed by atoms with van der Waals surface area (Å²) in [6.07, 6.45) is 0.955. The third-order valence-corrected chi connectivity index (χ3v) is 5.32. The average molecular weight is 415 g/mol. The number of carbonyl (C=O) groups excluding carboxylic acids is 1.